The number of hydrogen-bond donors (Lipinski definition) is 0. The highest BCUT2D eigenvalue weighted by molar-refractivity contribution is 6.36. The number of pyridine rings is 2. The van der Waals surface area contributed by atoms with Crippen LogP contribution in [0.15, 0.2) is 30.5 Å². The number of piperazine rings is 1. The maximum absolute atomic E-state index is 14.1. The summed E-state index contributed by atoms with van der Waals surface area (Å²) in [5.74, 6) is 1.22. The van der Waals surface area contributed by atoms with Crippen molar-refractivity contribution in [2.75, 3.05) is 37.6 Å². The molecule has 0 N–H and O–H groups in total. The van der Waals surface area contributed by atoms with E-state index in [9.17, 15) is 9.59 Å². The number of aryl methyl sites for hydroxylation is 3. The second-order valence-corrected chi connectivity index (χ2v) is 13.6. The quantitative estimate of drug-likeness (QED) is 0.296. The topological polar surface area (TPSA) is 88.1 Å². The smallest absolute Gasteiger partial charge is 0.410 e. The molecule has 5 rings (SSSR count). The van der Waals surface area contributed by atoms with Gasteiger partial charge in [-0.2, -0.15) is 0 Å². The second-order valence-electron chi connectivity index (χ2n) is 13.2. The summed E-state index contributed by atoms with van der Waals surface area (Å²) in [5, 5.41) is 0.347. The van der Waals surface area contributed by atoms with Crippen molar-refractivity contribution < 1.29 is 19.1 Å². The van der Waals surface area contributed by atoms with E-state index >= 15 is 0 Å². The molecule has 1 saturated heterocycles. The van der Waals surface area contributed by atoms with Crippen molar-refractivity contribution in [1.29, 1.82) is 0 Å². The minimum Gasteiger partial charge on any atom is -0.489 e. The Hall–Kier alpha value is -3.85. The summed E-state index contributed by atoms with van der Waals surface area (Å²) >= 11 is 6.93. The van der Waals surface area contributed by atoms with Crippen molar-refractivity contribution in [3.8, 4) is 16.9 Å². The molecule has 9 nitrogen and oxygen atoms in total. The lowest BCUT2D eigenvalue weighted by Gasteiger charge is -2.36. The molecule has 0 bridgehead atoms. The molecule has 0 saturated carbocycles. The molecule has 3 aromatic rings. The van der Waals surface area contributed by atoms with Crippen molar-refractivity contribution in [3.63, 3.8) is 0 Å². The van der Waals surface area contributed by atoms with E-state index in [1.807, 2.05) is 77.8 Å². The normalized spacial score (nSPS) is 15.4. The molecule has 10 heteroatoms. The fraction of sp³-hybridized carbons (Fsp3) is 0.486. The Bertz CT molecular complexity index is 1570. The van der Waals surface area contributed by atoms with Crippen molar-refractivity contribution in [1.82, 2.24) is 19.8 Å². The molecule has 240 valence electrons. The van der Waals surface area contributed by atoms with Gasteiger partial charge in [-0.3, -0.25) is 9.78 Å². The zero-order valence-corrected chi connectivity index (χ0v) is 28.4. The van der Waals surface area contributed by atoms with Crippen LogP contribution in [-0.2, 0) is 17.7 Å². The maximum Gasteiger partial charge on any atom is 0.410 e. The van der Waals surface area contributed by atoms with Crippen LogP contribution in [0.25, 0.3) is 11.1 Å². The lowest BCUT2D eigenvalue weighted by Crippen LogP contribution is -2.50. The molecule has 4 heterocycles. The van der Waals surface area contributed by atoms with Crippen LogP contribution < -0.4 is 9.64 Å². The van der Waals surface area contributed by atoms with Crippen LogP contribution in [-0.4, -0.2) is 76.2 Å². The van der Waals surface area contributed by atoms with E-state index in [4.69, 9.17) is 26.1 Å². The van der Waals surface area contributed by atoms with Gasteiger partial charge in [0.15, 0.2) is 0 Å². The number of benzene rings is 1. The first-order chi connectivity index (χ1) is 21.2. The van der Waals surface area contributed by atoms with Gasteiger partial charge in [-0.15, -0.1) is 0 Å². The van der Waals surface area contributed by atoms with Crippen molar-refractivity contribution in [2.24, 2.45) is 0 Å². The molecule has 0 radical (unpaired) electrons. The number of nitrogens with zero attached hydrogens (tertiary/aromatic N) is 5. The van der Waals surface area contributed by atoms with Crippen molar-refractivity contribution >= 4 is 29.4 Å². The molecular formula is C35H44ClN5O4. The summed E-state index contributed by atoms with van der Waals surface area (Å²) in [6.07, 6.45) is 2.10. The van der Waals surface area contributed by atoms with Crippen LogP contribution in [0.3, 0.4) is 0 Å². The number of carbonyl (C=O) groups excluding carboxylic acids is 2. The second kappa shape index (κ2) is 12.9. The third-order valence-electron chi connectivity index (χ3n) is 8.18. The highest BCUT2D eigenvalue weighted by Crippen LogP contribution is 2.42. The molecule has 0 spiro atoms. The fourth-order valence-corrected chi connectivity index (χ4v) is 6.36. The highest BCUT2D eigenvalue weighted by Gasteiger charge is 2.32. The van der Waals surface area contributed by atoms with Crippen LogP contribution in [0, 0.1) is 20.8 Å². The van der Waals surface area contributed by atoms with Crippen LogP contribution in [0.2, 0.25) is 5.02 Å². The Balaban J connectivity index is 1.40. The van der Waals surface area contributed by atoms with Gasteiger partial charge in [-0.05, 0) is 108 Å². The molecule has 45 heavy (non-hydrogen) atoms. The first-order valence-corrected chi connectivity index (χ1v) is 16.0. The van der Waals surface area contributed by atoms with Gasteiger partial charge in [-0.1, -0.05) is 11.6 Å². The number of amides is 2. The number of anilines is 1. The number of halogens is 1. The monoisotopic (exact) mass is 633 g/mol. The van der Waals surface area contributed by atoms with E-state index in [-0.39, 0.29) is 18.1 Å². The Morgan fingerprint density at radius 2 is 1.76 bits per heavy atom. The summed E-state index contributed by atoms with van der Waals surface area (Å²) in [6.45, 7) is 19.0. The Morgan fingerprint density at radius 1 is 1.04 bits per heavy atom. The molecule has 2 aliphatic rings. The van der Waals surface area contributed by atoms with Crippen molar-refractivity contribution in [2.45, 2.75) is 80.1 Å². The predicted octanol–water partition coefficient (Wildman–Crippen LogP) is 6.77. The average molecular weight is 634 g/mol. The summed E-state index contributed by atoms with van der Waals surface area (Å²) in [7, 11) is 0. The van der Waals surface area contributed by atoms with E-state index in [2.05, 4.69) is 22.9 Å². The van der Waals surface area contributed by atoms with E-state index < -0.39 is 5.60 Å². The summed E-state index contributed by atoms with van der Waals surface area (Å²) < 4.78 is 11.7. The Labute approximate surface area is 271 Å². The number of carbonyl (C=O) groups is 2. The lowest BCUT2D eigenvalue weighted by molar-refractivity contribution is 0.0240. The number of aromatic nitrogens is 2. The van der Waals surface area contributed by atoms with Crippen LogP contribution >= 0.6 is 11.6 Å². The number of ether oxygens (including phenoxy) is 2. The van der Waals surface area contributed by atoms with Crippen LogP contribution in [0.1, 0.15) is 73.1 Å². The predicted molar refractivity (Wildman–Crippen MR) is 177 cm³/mol. The molecule has 0 aliphatic carbocycles. The largest absolute Gasteiger partial charge is 0.489 e. The van der Waals surface area contributed by atoms with Gasteiger partial charge in [0.1, 0.15) is 17.2 Å². The van der Waals surface area contributed by atoms with Crippen LogP contribution in [0.4, 0.5) is 10.6 Å². The van der Waals surface area contributed by atoms with E-state index in [1.54, 1.807) is 4.90 Å². The van der Waals surface area contributed by atoms with Gasteiger partial charge in [0.05, 0.1) is 16.7 Å². The zero-order valence-electron chi connectivity index (χ0n) is 27.7. The standard InChI is InChI=1S/C35H44ClN5O4/c1-21(2)44-29-18-27(25-9-10-30(37-19-25)39-13-15-40(16-14-39)34(43)45-35(6,7)8)26-11-12-41(33(42)31(26)32(29)36)20-28-22(3)17-23(4)38-24(28)5/h9-10,17-19,21H,11-16,20H2,1-8H3. The number of hydrogen-bond acceptors (Lipinski definition) is 7. The lowest BCUT2D eigenvalue weighted by atomic mass is 9.89. The van der Waals surface area contributed by atoms with Gasteiger partial charge in [0.2, 0.25) is 0 Å². The summed E-state index contributed by atoms with van der Waals surface area (Å²) in [6, 6.07) is 8.03. The highest BCUT2D eigenvalue weighted by atomic mass is 35.5. The molecule has 2 aromatic heterocycles. The van der Waals surface area contributed by atoms with Gasteiger partial charge in [0, 0.05) is 62.4 Å². The fourth-order valence-electron chi connectivity index (χ4n) is 6.07. The summed E-state index contributed by atoms with van der Waals surface area (Å²) in [5.41, 5.74) is 6.77. The van der Waals surface area contributed by atoms with E-state index in [1.165, 1.54) is 0 Å². The van der Waals surface area contributed by atoms with Gasteiger partial charge in [-0.25, -0.2) is 9.78 Å². The number of fused-ring (bicyclic) bond motifs is 1. The molecule has 0 atom stereocenters. The van der Waals surface area contributed by atoms with Gasteiger partial charge in [0.25, 0.3) is 5.91 Å². The molecule has 2 aliphatic heterocycles. The van der Waals surface area contributed by atoms with Crippen LogP contribution in [0.5, 0.6) is 5.75 Å². The van der Waals surface area contributed by atoms with E-state index in [0.29, 0.717) is 62.0 Å². The Kier molecular flexibility index (Phi) is 9.31. The minimum absolute atomic E-state index is 0.108. The molecule has 1 fully saturated rings. The molecular weight excluding hydrogens is 590 g/mol. The van der Waals surface area contributed by atoms with Crippen molar-refractivity contribution in [3.05, 3.63) is 69.1 Å². The maximum atomic E-state index is 14.1. The van der Waals surface area contributed by atoms with Gasteiger partial charge < -0.3 is 24.2 Å². The molecule has 2 amide bonds. The third-order valence-corrected chi connectivity index (χ3v) is 8.55. The molecule has 0 unspecified atom stereocenters. The zero-order chi connectivity index (χ0) is 32.6. The van der Waals surface area contributed by atoms with E-state index in [0.717, 1.165) is 45.0 Å². The number of rotatable bonds is 6. The third kappa shape index (κ3) is 7.19. The Morgan fingerprint density at radius 3 is 2.36 bits per heavy atom. The summed E-state index contributed by atoms with van der Waals surface area (Å²) in [4.78, 5) is 41.8. The first-order valence-electron chi connectivity index (χ1n) is 15.7. The first kappa shape index (κ1) is 32.5. The SMILES string of the molecule is Cc1cc(C)c(CN2CCc3c(-c4ccc(N5CCN(C(=O)OC(C)(C)C)CC5)nc4)cc(OC(C)C)c(Cl)c3C2=O)c(C)n1. The average Bonchev–Trinajstić information content (AvgIpc) is 2.96. The van der Waals surface area contributed by atoms with Gasteiger partial charge >= 0.3 is 6.09 Å². The molecule has 1 aromatic carbocycles. The minimum atomic E-state index is -0.522.